The highest BCUT2D eigenvalue weighted by Crippen LogP contribution is 2.45. The normalized spacial score (nSPS) is 18.7. The Balaban J connectivity index is 2.05. The Morgan fingerprint density at radius 2 is 2.06 bits per heavy atom. The Kier molecular flexibility index (Phi) is 7.19. The standard InChI is InChI=1S/C25H33N5S/c1-6-22(19-10-12-30(5)13-11-19)25(2,28-24(27)29(3)4)23-15-21(17-31-23)20-9-7-8-18(14-20)16-26/h6-9,14-15,17,19,22H,1,10-13H2,2-5H3,(H2,27,28). The lowest BCUT2D eigenvalue weighted by Crippen LogP contribution is -2.42. The molecule has 6 heteroatoms. The van der Waals surface area contributed by atoms with Crippen LogP contribution in [-0.2, 0) is 5.54 Å². The summed E-state index contributed by atoms with van der Waals surface area (Å²) in [6, 6.07) is 12.2. The lowest BCUT2D eigenvalue weighted by Gasteiger charge is -2.41. The zero-order valence-electron chi connectivity index (χ0n) is 19.0. The lowest BCUT2D eigenvalue weighted by atomic mass is 9.72. The summed E-state index contributed by atoms with van der Waals surface area (Å²) in [5, 5.41) is 11.4. The van der Waals surface area contributed by atoms with Gasteiger partial charge in [0.15, 0.2) is 5.96 Å². The van der Waals surface area contributed by atoms with E-state index in [1.54, 1.807) is 11.3 Å². The van der Waals surface area contributed by atoms with Crippen molar-refractivity contribution in [3.8, 4) is 17.2 Å². The van der Waals surface area contributed by atoms with Crippen LogP contribution in [-0.4, -0.2) is 50.0 Å². The predicted molar refractivity (Wildman–Crippen MR) is 131 cm³/mol. The third-order valence-electron chi connectivity index (χ3n) is 6.40. The summed E-state index contributed by atoms with van der Waals surface area (Å²) in [5.41, 5.74) is 8.65. The van der Waals surface area contributed by atoms with Crippen molar-refractivity contribution in [2.75, 3.05) is 34.2 Å². The number of hydrogen-bond donors (Lipinski definition) is 1. The number of benzene rings is 1. The van der Waals surface area contributed by atoms with Crippen molar-refractivity contribution in [3.05, 3.63) is 58.8 Å². The first-order chi connectivity index (χ1) is 14.8. The van der Waals surface area contributed by atoms with E-state index in [9.17, 15) is 5.26 Å². The van der Waals surface area contributed by atoms with Crippen LogP contribution in [0, 0.1) is 23.2 Å². The Labute approximate surface area is 190 Å². The van der Waals surface area contributed by atoms with Crippen molar-refractivity contribution in [2.24, 2.45) is 22.6 Å². The number of hydrogen-bond acceptors (Lipinski definition) is 4. The Hall–Kier alpha value is -2.62. The van der Waals surface area contributed by atoms with Gasteiger partial charge in [-0.05, 0) is 80.5 Å². The number of likely N-dealkylation sites (tertiary alicyclic amines) is 1. The topological polar surface area (TPSA) is 68.7 Å². The van der Waals surface area contributed by atoms with Crippen molar-refractivity contribution in [1.29, 1.82) is 5.26 Å². The molecule has 2 atom stereocenters. The number of nitrogens with two attached hydrogens (primary N) is 1. The van der Waals surface area contributed by atoms with Crippen LogP contribution in [0.1, 0.15) is 30.2 Å². The molecule has 1 aromatic carbocycles. The van der Waals surface area contributed by atoms with Crippen molar-refractivity contribution in [1.82, 2.24) is 9.80 Å². The molecule has 2 unspecified atom stereocenters. The average molecular weight is 436 g/mol. The van der Waals surface area contributed by atoms with Crippen LogP contribution < -0.4 is 5.73 Å². The first-order valence-corrected chi connectivity index (χ1v) is 11.6. The van der Waals surface area contributed by atoms with E-state index in [2.05, 4.69) is 49.0 Å². The van der Waals surface area contributed by atoms with Gasteiger partial charge in [-0.2, -0.15) is 5.26 Å². The summed E-state index contributed by atoms with van der Waals surface area (Å²) in [4.78, 5) is 10.5. The van der Waals surface area contributed by atoms with E-state index in [0.717, 1.165) is 37.1 Å². The van der Waals surface area contributed by atoms with Crippen LogP contribution in [0.3, 0.4) is 0 Å². The fourth-order valence-corrected chi connectivity index (χ4v) is 5.50. The lowest BCUT2D eigenvalue weighted by molar-refractivity contribution is 0.151. The van der Waals surface area contributed by atoms with Crippen LogP contribution in [0.25, 0.3) is 11.1 Å². The summed E-state index contributed by atoms with van der Waals surface area (Å²) in [5.74, 6) is 1.20. The molecular formula is C25H33N5S. The number of thiophene rings is 1. The molecule has 2 heterocycles. The van der Waals surface area contributed by atoms with E-state index >= 15 is 0 Å². The fourth-order valence-electron chi connectivity index (χ4n) is 4.42. The Bertz CT molecular complexity index is 978. The zero-order chi connectivity index (χ0) is 22.6. The summed E-state index contributed by atoms with van der Waals surface area (Å²) in [6.45, 7) is 8.59. The molecule has 1 fully saturated rings. The van der Waals surface area contributed by atoms with Crippen molar-refractivity contribution >= 4 is 17.3 Å². The summed E-state index contributed by atoms with van der Waals surface area (Å²) in [7, 11) is 6.03. The minimum absolute atomic E-state index is 0.177. The minimum atomic E-state index is -0.508. The van der Waals surface area contributed by atoms with Crippen molar-refractivity contribution in [2.45, 2.75) is 25.3 Å². The van der Waals surface area contributed by atoms with Crippen LogP contribution in [0.2, 0.25) is 0 Å². The van der Waals surface area contributed by atoms with E-state index in [-0.39, 0.29) is 5.92 Å². The van der Waals surface area contributed by atoms with Gasteiger partial charge in [0.1, 0.15) is 5.54 Å². The first kappa shape index (κ1) is 23.1. The van der Waals surface area contributed by atoms with Gasteiger partial charge in [-0.3, -0.25) is 0 Å². The average Bonchev–Trinajstić information content (AvgIpc) is 3.26. The molecule has 164 valence electrons. The quantitative estimate of drug-likeness (QED) is 0.411. The summed E-state index contributed by atoms with van der Waals surface area (Å²) < 4.78 is 0. The Morgan fingerprint density at radius 3 is 2.68 bits per heavy atom. The highest BCUT2D eigenvalue weighted by Gasteiger charge is 2.41. The number of aliphatic imine (C=N–C) groups is 1. The molecule has 0 amide bonds. The molecule has 2 aromatic rings. The molecule has 3 rings (SSSR count). The van der Waals surface area contributed by atoms with E-state index < -0.39 is 5.54 Å². The number of piperidine rings is 1. The highest BCUT2D eigenvalue weighted by atomic mass is 32.1. The van der Waals surface area contributed by atoms with Gasteiger partial charge >= 0.3 is 0 Å². The van der Waals surface area contributed by atoms with Crippen LogP contribution in [0.4, 0.5) is 0 Å². The van der Waals surface area contributed by atoms with Crippen LogP contribution in [0.15, 0.2) is 53.4 Å². The third kappa shape index (κ3) is 5.00. The molecule has 0 bridgehead atoms. The molecule has 1 saturated heterocycles. The second-order valence-electron chi connectivity index (χ2n) is 8.81. The third-order valence-corrected chi connectivity index (χ3v) is 7.56. The van der Waals surface area contributed by atoms with Gasteiger partial charge in [-0.15, -0.1) is 17.9 Å². The molecule has 0 spiro atoms. The number of nitriles is 1. The molecular weight excluding hydrogens is 402 g/mol. The molecule has 5 nitrogen and oxygen atoms in total. The second kappa shape index (κ2) is 9.67. The van der Waals surface area contributed by atoms with Crippen molar-refractivity contribution < 1.29 is 0 Å². The monoisotopic (exact) mass is 435 g/mol. The molecule has 0 aliphatic carbocycles. The fraction of sp³-hybridized carbons (Fsp3) is 0.440. The largest absolute Gasteiger partial charge is 0.370 e. The Morgan fingerprint density at radius 1 is 1.35 bits per heavy atom. The van der Waals surface area contributed by atoms with Crippen LogP contribution in [0.5, 0.6) is 0 Å². The van der Waals surface area contributed by atoms with Gasteiger partial charge in [0.2, 0.25) is 0 Å². The van der Waals surface area contributed by atoms with E-state index in [4.69, 9.17) is 10.7 Å². The zero-order valence-corrected chi connectivity index (χ0v) is 19.8. The molecule has 0 saturated carbocycles. The summed E-state index contributed by atoms with van der Waals surface area (Å²) >= 11 is 1.70. The maximum atomic E-state index is 9.26. The number of rotatable bonds is 6. The summed E-state index contributed by atoms with van der Waals surface area (Å²) in [6.07, 6.45) is 4.34. The van der Waals surface area contributed by atoms with Gasteiger partial charge in [0, 0.05) is 24.9 Å². The number of nitrogens with zero attached hydrogens (tertiary/aromatic N) is 4. The van der Waals surface area contributed by atoms with E-state index in [1.807, 2.05) is 43.3 Å². The molecule has 31 heavy (non-hydrogen) atoms. The number of guanidine groups is 1. The van der Waals surface area contributed by atoms with Gasteiger partial charge < -0.3 is 15.5 Å². The maximum absolute atomic E-state index is 9.26. The van der Waals surface area contributed by atoms with Gasteiger partial charge in [-0.1, -0.05) is 18.2 Å². The van der Waals surface area contributed by atoms with Crippen molar-refractivity contribution in [3.63, 3.8) is 0 Å². The van der Waals surface area contributed by atoms with Crippen LogP contribution >= 0.6 is 11.3 Å². The first-order valence-electron chi connectivity index (χ1n) is 10.7. The molecule has 0 radical (unpaired) electrons. The van der Waals surface area contributed by atoms with Gasteiger partial charge in [0.05, 0.1) is 11.6 Å². The smallest absolute Gasteiger partial charge is 0.191 e. The highest BCUT2D eigenvalue weighted by molar-refractivity contribution is 7.10. The van der Waals surface area contributed by atoms with Gasteiger partial charge in [-0.25, -0.2) is 4.99 Å². The molecule has 1 aromatic heterocycles. The second-order valence-corrected chi connectivity index (χ2v) is 9.72. The molecule has 2 N–H and O–H groups in total. The molecule has 1 aliphatic heterocycles. The molecule has 1 aliphatic rings. The van der Waals surface area contributed by atoms with E-state index in [0.29, 0.717) is 17.4 Å². The SMILES string of the molecule is C=CC(C1CCN(C)CC1)C(C)(N=C(N)N(C)C)c1cc(-c2cccc(C#N)c2)cs1. The minimum Gasteiger partial charge on any atom is -0.370 e. The maximum Gasteiger partial charge on any atom is 0.191 e. The van der Waals surface area contributed by atoms with E-state index in [1.165, 1.54) is 4.88 Å². The van der Waals surface area contributed by atoms with Gasteiger partial charge in [0.25, 0.3) is 0 Å². The predicted octanol–water partition coefficient (Wildman–Crippen LogP) is 4.52.